The van der Waals surface area contributed by atoms with Crippen LogP contribution in [0.1, 0.15) is 52.7 Å². The van der Waals surface area contributed by atoms with Gasteiger partial charge in [-0.1, -0.05) is 37.1 Å². The molecule has 2 aromatic carbocycles. The van der Waals surface area contributed by atoms with E-state index in [1.54, 1.807) is 41.5 Å². The molecule has 2 fully saturated rings. The third kappa shape index (κ3) is 11.4. The van der Waals surface area contributed by atoms with E-state index in [1.165, 1.54) is 34.1 Å². The number of piperazine rings is 2. The molecular weight excluding hydrogens is 821 g/mol. The van der Waals surface area contributed by atoms with E-state index in [1.807, 2.05) is 0 Å². The molecule has 0 aliphatic carbocycles. The maximum atomic E-state index is 13.8. The number of carbonyl (C=O) groups is 6. The summed E-state index contributed by atoms with van der Waals surface area (Å²) in [5, 5.41) is 24.7. The van der Waals surface area contributed by atoms with E-state index in [9.17, 15) is 49.0 Å². The maximum Gasteiger partial charge on any atom is 0.410 e. The first-order valence-corrected chi connectivity index (χ1v) is 19.6. The number of nitro groups is 2. The Morgan fingerprint density at radius 2 is 0.984 bits per heavy atom. The highest BCUT2D eigenvalue weighted by Gasteiger charge is 2.41. The molecule has 2 aliphatic heterocycles. The van der Waals surface area contributed by atoms with Crippen molar-refractivity contribution in [1.29, 1.82) is 0 Å². The zero-order valence-corrected chi connectivity index (χ0v) is 35.9. The van der Waals surface area contributed by atoms with Crippen molar-refractivity contribution in [3.63, 3.8) is 0 Å². The smallest absolute Gasteiger partial charge is 0.410 e. The Labute approximate surface area is 355 Å². The summed E-state index contributed by atoms with van der Waals surface area (Å²) in [4.78, 5) is 107. The quantitative estimate of drug-likeness (QED) is 0.101. The van der Waals surface area contributed by atoms with Crippen LogP contribution in [0.4, 0.5) is 21.0 Å². The molecule has 0 radical (unpaired) electrons. The summed E-state index contributed by atoms with van der Waals surface area (Å²) >= 11 is 0.685. The van der Waals surface area contributed by atoms with Crippen LogP contribution in [0.3, 0.4) is 0 Å². The monoisotopic (exact) mass is 868 g/mol. The lowest BCUT2D eigenvalue weighted by molar-refractivity contribution is -0.388. The molecule has 2 atom stereocenters. The molecule has 2 aliphatic rings. The maximum absolute atomic E-state index is 13.8. The minimum atomic E-state index is -1.24. The SMILES string of the molecule is C=C(C(=O)N1CCN(C(=O)OC(C)(C)C)CC1C(=O)OC)c1ccc(Sc2ccc(C(=C)C(=O)N3CCN(C(=O)OC(C)(C)C)CC3C(=O)OC)cc2[N+](=O)[O-])c([N+](=O)[O-])c1. The standard InChI is InChI=1S/C40H48N6O14S/c1-23(33(47)43-17-15-41(21-29(43)35(49)57-9)37(51)59-39(3,4)5)25-11-13-31(27(19-25)45(53)54)61-32-14-12-26(20-28(32)46(55)56)24(2)34(48)44-18-16-42(22-30(44)36(50)58-10)38(52)60-40(6,7)8/h11-14,19-20,29-30H,1-2,15-18,21-22H2,3-10H3. The minimum Gasteiger partial charge on any atom is -0.467 e. The fourth-order valence-electron chi connectivity index (χ4n) is 6.29. The topological polar surface area (TPSA) is 239 Å². The number of ether oxygens (including phenoxy) is 4. The van der Waals surface area contributed by atoms with Crippen molar-refractivity contribution in [1.82, 2.24) is 19.6 Å². The highest BCUT2D eigenvalue weighted by Crippen LogP contribution is 2.41. The van der Waals surface area contributed by atoms with E-state index in [2.05, 4.69) is 13.2 Å². The Morgan fingerprint density at radius 3 is 1.28 bits per heavy atom. The Hall–Kier alpha value is -6.51. The van der Waals surface area contributed by atoms with Gasteiger partial charge in [0.05, 0.1) is 46.9 Å². The Kier molecular flexibility index (Phi) is 14.6. The molecule has 0 bridgehead atoms. The van der Waals surface area contributed by atoms with Crippen LogP contribution in [0.5, 0.6) is 0 Å². The second-order valence-electron chi connectivity index (χ2n) is 15.9. The van der Waals surface area contributed by atoms with Crippen molar-refractivity contribution in [2.75, 3.05) is 53.5 Å². The van der Waals surface area contributed by atoms with Gasteiger partial charge in [-0.3, -0.25) is 29.8 Å². The average molecular weight is 869 g/mol. The molecule has 0 aromatic heterocycles. The molecule has 61 heavy (non-hydrogen) atoms. The van der Waals surface area contributed by atoms with E-state index >= 15 is 0 Å². The van der Waals surface area contributed by atoms with E-state index in [4.69, 9.17) is 18.9 Å². The molecule has 0 saturated carbocycles. The van der Waals surface area contributed by atoms with Crippen LogP contribution in [0.15, 0.2) is 59.3 Å². The zero-order valence-electron chi connectivity index (χ0n) is 35.1. The van der Waals surface area contributed by atoms with E-state index in [0.29, 0.717) is 11.8 Å². The summed E-state index contributed by atoms with van der Waals surface area (Å²) in [6, 6.07) is 4.98. The van der Waals surface area contributed by atoms with Crippen molar-refractivity contribution >= 4 is 70.2 Å². The van der Waals surface area contributed by atoms with Crippen LogP contribution >= 0.6 is 11.8 Å². The van der Waals surface area contributed by atoms with Gasteiger partial charge in [-0.2, -0.15) is 0 Å². The van der Waals surface area contributed by atoms with Crippen LogP contribution in [0, 0.1) is 20.2 Å². The van der Waals surface area contributed by atoms with E-state index in [-0.39, 0.29) is 71.3 Å². The molecule has 4 rings (SSSR count). The number of hydrogen-bond acceptors (Lipinski definition) is 15. The Balaban J connectivity index is 1.56. The van der Waals surface area contributed by atoms with Gasteiger partial charge in [0.2, 0.25) is 0 Å². The number of benzene rings is 2. The lowest BCUT2D eigenvalue weighted by Crippen LogP contribution is -2.60. The van der Waals surface area contributed by atoms with Gasteiger partial charge in [0.25, 0.3) is 23.2 Å². The van der Waals surface area contributed by atoms with Gasteiger partial charge in [0, 0.05) is 49.5 Å². The zero-order chi connectivity index (χ0) is 45.7. The third-order valence-electron chi connectivity index (χ3n) is 9.28. The van der Waals surface area contributed by atoms with Crippen molar-refractivity contribution in [3.05, 3.63) is 80.9 Å². The highest BCUT2D eigenvalue weighted by molar-refractivity contribution is 7.99. The van der Waals surface area contributed by atoms with Gasteiger partial charge < -0.3 is 38.5 Å². The van der Waals surface area contributed by atoms with Crippen molar-refractivity contribution < 1.29 is 57.6 Å². The van der Waals surface area contributed by atoms with Gasteiger partial charge in [0.15, 0.2) is 0 Å². The van der Waals surface area contributed by atoms with Crippen molar-refractivity contribution in [2.45, 2.75) is 74.6 Å². The van der Waals surface area contributed by atoms with Gasteiger partial charge in [-0.15, -0.1) is 0 Å². The molecule has 0 N–H and O–H groups in total. The second kappa shape index (κ2) is 18.8. The molecule has 2 saturated heterocycles. The van der Waals surface area contributed by atoms with Crippen LogP contribution in [0.2, 0.25) is 0 Å². The molecule has 2 aromatic rings. The van der Waals surface area contributed by atoms with Gasteiger partial charge in [0.1, 0.15) is 23.3 Å². The first-order valence-electron chi connectivity index (χ1n) is 18.7. The summed E-state index contributed by atoms with van der Waals surface area (Å²) in [6.07, 6.45) is -1.38. The first-order chi connectivity index (χ1) is 28.4. The van der Waals surface area contributed by atoms with Gasteiger partial charge >= 0.3 is 24.1 Å². The predicted molar refractivity (Wildman–Crippen MR) is 219 cm³/mol. The third-order valence-corrected chi connectivity index (χ3v) is 10.4. The predicted octanol–water partition coefficient (Wildman–Crippen LogP) is 4.92. The second-order valence-corrected chi connectivity index (χ2v) is 16.9. The Bertz CT molecular complexity index is 2010. The molecule has 4 amide bonds. The molecule has 328 valence electrons. The summed E-state index contributed by atoms with van der Waals surface area (Å²) in [6.45, 7) is 17.1. The Morgan fingerprint density at radius 1 is 0.639 bits per heavy atom. The normalized spacial score (nSPS) is 16.9. The average Bonchev–Trinajstić information content (AvgIpc) is 3.20. The number of methoxy groups -OCH3 is 2. The molecule has 20 nitrogen and oxygen atoms in total. The van der Waals surface area contributed by atoms with Crippen LogP contribution in [-0.2, 0) is 38.1 Å². The highest BCUT2D eigenvalue weighted by atomic mass is 32.2. The number of carbonyl (C=O) groups excluding carboxylic acids is 6. The van der Waals surface area contributed by atoms with Gasteiger partial charge in [-0.25, -0.2) is 19.2 Å². The summed E-state index contributed by atoms with van der Waals surface area (Å²) in [7, 11) is 2.25. The lowest BCUT2D eigenvalue weighted by atomic mass is 10.0. The fraction of sp³-hybridized carbons (Fsp3) is 0.450. The first kappa shape index (κ1) is 47.2. The van der Waals surface area contributed by atoms with Crippen LogP contribution in [0.25, 0.3) is 11.1 Å². The number of esters is 2. The summed E-state index contributed by atoms with van der Waals surface area (Å²) in [5.41, 5.74) is -3.04. The van der Waals surface area contributed by atoms with Gasteiger partial charge in [-0.05, 0) is 64.8 Å². The molecule has 0 spiro atoms. The molecule has 2 unspecified atom stereocenters. The number of hydrogen-bond donors (Lipinski definition) is 0. The number of nitrogens with zero attached hydrogens (tertiary/aromatic N) is 6. The number of nitro benzene ring substituents is 2. The van der Waals surface area contributed by atoms with Crippen molar-refractivity contribution in [2.24, 2.45) is 0 Å². The summed E-state index contributed by atoms with van der Waals surface area (Å²) in [5.74, 6) is -3.12. The van der Waals surface area contributed by atoms with E-state index in [0.717, 1.165) is 36.2 Å². The fourth-order valence-corrected chi connectivity index (χ4v) is 7.28. The van der Waals surface area contributed by atoms with Crippen LogP contribution < -0.4 is 0 Å². The number of amides is 4. The largest absolute Gasteiger partial charge is 0.467 e. The van der Waals surface area contributed by atoms with E-state index < -0.39 is 80.4 Å². The molecular formula is C40H48N6O14S. The minimum absolute atomic E-state index is 0.0110. The van der Waals surface area contributed by atoms with Crippen molar-refractivity contribution in [3.8, 4) is 0 Å². The van der Waals surface area contributed by atoms with Crippen LogP contribution in [-0.4, -0.2) is 142 Å². The lowest BCUT2D eigenvalue weighted by Gasteiger charge is -2.40. The summed E-state index contributed by atoms with van der Waals surface area (Å²) < 4.78 is 20.6. The number of rotatable bonds is 10. The molecule has 2 heterocycles. The molecule has 21 heteroatoms.